The molecule has 1 aliphatic rings. The molecule has 0 saturated carbocycles. The molecule has 30 heavy (non-hydrogen) atoms. The lowest BCUT2D eigenvalue weighted by Crippen LogP contribution is -2.54. The molecule has 0 bridgehead atoms. The van der Waals surface area contributed by atoms with Crippen molar-refractivity contribution in [2.75, 3.05) is 18.0 Å². The van der Waals surface area contributed by atoms with Crippen LogP contribution in [-0.4, -0.2) is 55.5 Å². The second-order valence-corrected chi connectivity index (χ2v) is 7.41. The van der Waals surface area contributed by atoms with Gasteiger partial charge in [0.05, 0.1) is 30.0 Å². The fraction of sp³-hybridized carbons (Fsp3) is 0.333. The molecule has 1 aliphatic heterocycles. The highest BCUT2D eigenvalue weighted by Gasteiger charge is 2.30. The van der Waals surface area contributed by atoms with E-state index in [0.29, 0.717) is 41.2 Å². The fourth-order valence-electron chi connectivity index (χ4n) is 2.73. The van der Waals surface area contributed by atoms with Crippen LogP contribution < -0.4 is 14.5 Å². The Morgan fingerprint density at radius 2 is 2.13 bits per heavy atom. The third-order valence-corrected chi connectivity index (χ3v) is 4.92. The van der Waals surface area contributed by atoms with Crippen LogP contribution in [0.2, 0.25) is 0 Å². The molecule has 1 fully saturated rings. The van der Waals surface area contributed by atoms with E-state index in [1.165, 1.54) is 18.3 Å². The number of rotatable bonds is 7. The molecule has 0 aliphatic carbocycles. The Balaban J connectivity index is 1.33. The molecule has 10 nitrogen and oxygen atoms in total. The minimum atomic E-state index is -0.442. The predicted molar refractivity (Wildman–Crippen MR) is 106 cm³/mol. The molecule has 0 radical (unpaired) electrons. The van der Waals surface area contributed by atoms with Gasteiger partial charge in [-0.05, 0) is 39.7 Å². The number of hydrogen-bond acceptors (Lipinski definition) is 9. The normalized spacial score (nSPS) is 13.8. The van der Waals surface area contributed by atoms with Crippen molar-refractivity contribution in [1.82, 2.24) is 30.3 Å². The zero-order valence-electron chi connectivity index (χ0n) is 15.9. The number of carbonyl (C=O) groups excluding carboxylic acids is 1. The van der Waals surface area contributed by atoms with Gasteiger partial charge in [-0.25, -0.2) is 19.2 Å². The van der Waals surface area contributed by atoms with Crippen LogP contribution in [0, 0.1) is 5.82 Å². The summed E-state index contributed by atoms with van der Waals surface area (Å²) in [6, 6.07) is 4.32. The molecule has 0 unspecified atom stereocenters. The lowest BCUT2D eigenvalue weighted by molar-refractivity contribution is -0.148. The van der Waals surface area contributed by atoms with Crippen molar-refractivity contribution < 1.29 is 18.8 Å². The van der Waals surface area contributed by atoms with Crippen molar-refractivity contribution in [3.05, 3.63) is 40.9 Å². The highest BCUT2D eigenvalue weighted by molar-refractivity contribution is 9.10. The number of ether oxygens (including phenoxy) is 1. The summed E-state index contributed by atoms with van der Waals surface area (Å²) in [7, 11) is 0. The van der Waals surface area contributed by atoms with E-state index in [2.05, 4.69) is 41.3 Å². The van der Waals surface area contributed by atoms with E-state index < -0.39 is 5.97 Å². The van der Waals surface area contributed by atoms with E-state index in [1.807, 2.05) is 11.8 Å². The van der Waals surface area contributed by atoms with Crippen molar-refractivity contribution in [3.8, 4) is 17.3 Å². The lowest BCUT2D eigenvalue weighted by atomic mass is 10.1. The van der Waals surface area contributed by atoms with Gasteiger partial charge in [0.15, 0.2) is 0 Å². The maximum absolute atomic E-state index is 13.4. The van der Waals surface area contributed by atoms with Crippen molar-refractivity contribution in [2.45, 2.75) is 25.9 Å². The first-order chi connectivity index (χ1) is 14.5. The first-order valence-electron chi connectivity index (χ1n) is 9.22. The van der Waals surface area contributed by atoms with Gasteiger partial charge in [-0.3, -0.25) is 0 Å². The van der Waals surface area contributed by atoms with E-state index in [9.17, 15) is 9.18 Å². The van der Waals surface area contributed by atoms with E-state index in [1.54, 1.807) is 12.3 Å². The SMILES string of the molecule is CCCC(=O)On1nnc(-c2cnc(N3CC(Oc4cc(F)ccc4Br)C3)cn2)n1. The van der Waals surface area contributed by atoms with Crippen LogP contribution in [0.25, 0.3) is 11.5 Å². The molecule has 0 spiro atoms. The summed E-state index contributed by atoms with van der Waals surface area (Å²) in [6.07, 6.45) is 3.95. The first-order valence-corrected chi connectivity index (χ1v) is 10.0. The number of aromatic nitrogens is 6. The number of tetrazole rings is 1. The van der Waals surface area contributed by atoms with Gasteiger partial charge in [0, 0.05) is 17.4 Å². The third kappa shape index (κ3) is 4.53. The molecule has 156 valence electrons. The standard InChI is InChI=1S/C18H17BrFN7O3/c1-2-3-17(28)30-27-24-18(23-25-27)14-7-22-16(8-21-14)26-9-12(10-26)29-15-6-11(20)4-5-13(15)19/h4-8,12H,2-3,9-10H2,1H3. The fourth-order valence-corrected chi connectivity index (χ4v) is 3.07. The minimum Gasteiger partial charge on any atom is -0.485 e. The summed E-state index contributed by atoms with van der Waals surface area (Å²) in [5.41, 5.74) is 0.397. The predicted octanol–water partition coefficient (Wildman–Crippen LogP) is 2.05. The Hall–Kier alpha value is -3.15. The second kappa shape index (κ2) is 8.69. The molecule has 3 heterocycles. The quantitative estimate of drug-likeness (QED) is 0.472. The van der Waals surface area contributed by atoms with Crippen LogP contribution in [0.5, 0.6) is 5.75 Å². The van der Waals surface area contributed by atoms with E-state index >= 15 is 0 Å². The lowest BCUT2D eigenvalue weighted by Gasteiger charge is -2.39. The van der Waals surface area contributed by atoms with Crippen LogP contribution >= 0.6 is 15.9 Å². The number of halogens is 2. The van der Waals surface area contributed by atoms with Gasteiger partial charge < -0.3 is 14.5 Å². The number of carbonyl (C=O) groups is 1. The summed E-state index contributed by atoms with van der Waals surface area (Å²) in [6.45, 7) is 3.06. The number of benzene rings is 1. The van der Waals surface area contributed by atoms with E-state index in [4.69, 9.17) is 9.57 Å². The highest BCUT2D eigenvalue weighted by Crippen LogP contribution is 2.29. The monoisotopic (exact) mass is 477 g/mol. The Morgan fingerprint density at radius 1 is 1.30 bits per heavy atom. The maximum atomic E-state index is 13.4. The van der Waals surface area contributed by atoms with Crippen molar-refractivity contribution in [2.24, 2.45) is 0 Å². The Bertz CT molecular complexity index is 1040. The molecule has 12 heteroatoms. The summed E-state index contributed by atoms with van der Waals surface area (Å²) < 4.78 is 19.9. The largest absolute Gasteiger partial charge is 0.485 e. The van der Waals surface area contributed by atoms with Crippen molar-refractivity contribution >= 4 is 27.7 Å². The molecule has 3 aromatic rings. The molecule has 1 saturated heterocycles. The molecule has 0 atom stereocenters. The molecule has 0 amide bonds. The van der Waals surface area contributed by atoms with Gasteiger partial charge >= 0.3 is 5.97 Å². The molecule has 0 N–H and O–H groups in total. The van der Waals surface area contributed by atoms with Gasteiger partial charge in [-0.1, -0.05) is 12.0 Å². The Morgan fingerprint density at radius 3 is 2.87 bits per heavy atom. The topological polar surface area (TPSA) is 108 Å². The van der Waals surface area contributed by atoms with Gasteiger partial charge in [0.2, 0.25) is 5.82 Å². The van der Waals surface area contributed by atoms with Crippen LogP contribution in [0.15, 0.2) is 35.1 Å². The minimum absolute atomic E-state index is 0.0797. The summed E-state index contributed by atoms with van der Waals surface area (Å²) >= 11 is 3.35. The molecule has 4 rings (SSSR count). The van der Waals surface area contributed by atoms with Gasteiger partial charge in [0.25, 0.3) is 0 Å². The zero-order valence-corrected chi connectivity index (χ0v) is 17.5. The molecular formula is C18H17BrFN7O3. The Kier molecular flexibility index (Phi) is 5.84. The van der Waals surface area contributed by atoms with Crippen LogP contribution in [0.1, 0.15) is 19.8 Å². The van der Waals surface area contributed by atoms with Gasteiger partial charge in [-0.15, -0.1) is 5.10 Å². The second-order valence-electron chi connectivity index (χ2n) is 6.56. The molecule has 1 aromatic carbocycles. The molecular weight excluding hydrogens is 461 g/mol. The smallest absolute Gasteiger partial charge is 0.336 e. The summed E-state index contributed by atoms with van der Waals surface area (Å²) in [5.74, 6) is 0.534. The number of nitrogens with zero attached hydrogens (tertiary/aromatic N) is 7. The molecule has 2 aromatic heterocycles. The van der Waals surface area contributed by atoms with Gasteiger partial charge in [0.1, 0.15) is 29.2 Å². The third-order valence-electron chi connectivity index (χ3n) is 4.26. The van der Waals surface area contributed by atoms with E-state index in [-0.39, 0.29) is 24.2 Å². The first kappa shape index (κ1) is 20.1. The highest BCUT2D eigenvalue weighted by atomic mass is 79.9. The number of anilines is 1. The van der Waals surface area contributed by atoms with Crippen LogP contribution in [0.4, 0.5) is 10.2 Å². The van der Waals surface area contributed by atoms with Crippen molar-refractivity contribution in [1.29, 1.82) is 0 Å². The average molecular weight is 478 g/mol. The number of hydrogen-bond donors (Lipinski definition) is 0. The summed E-state index contributed by atoms with van der Waals surface area (Å²) in [4.78, 5) is 27.8. The van der Waals surface area contributed by atoms with E-state index in [0.717, 1.165) is 4.96 Å². The maximum Gasteiger partial charge on any atom is 0.336 e. The van der Waals surface area contributed by atoms with Crippen LogP contribution in [-0.2, 0) is 4.79 Å². The summed E-state index contributed by atoms with van der Waals surface area (Å²) in [5, 5.41) is 11.5. The van der Waals surface area contributed by atoms with Gasteiger partial charge in [-0.2, -0.15) is 0 Å². The zero-order chi connectivity index (χ0) is 21.1. The van der Waals surface area contributed by atoms with Crippen LogP contribution in [0.3, 0.4) is 0 Å². The van der Waals surface area contributed by atoms with Crippen molar-refractivity contribution in [3.63, 3.8) is 0 Å². The Labute approximate surface area is 179 Å². The average Bonchev–Trinajstić information content (AvgIpc) is 3.15.